The van der Waals surface area contributed by atoms with E-state index < -0.39 is 11.8 Å². The van der Waals surface area contributed by atoms with Crippen molar-refractivity contribution in [2.24, 2.45) is 0 Å². The van der Waals surface area contributed by atoms with E-state index in [0.717, 1.165) is 4.90 Å². The zero-order valence-corrected chi connectivity index (χ0v) is 15.7. The van der Waals surface area contributed by atoms with Gasteiger partial charge in [0.2, 0.25) is 0 Å². The topological polar surface area (TPSA) is 77.1 Å². The first-order valence-corrected chi connectivity index (χ1v) is 8.29. The fourth-order valence-corrected chi connectivity index (χ4v) is 2.86. The van der Waals surface area contributed by atoms with Gasteiger partial charge in [0.1, 0.15) is 28.0 Å². The molecule has 1 heterocycles. The Balaban J connectivity index is 1.94. The Morgan fingerprint density at radius 2 is 1.59 bits per heavy atom. The summed E-state index contributed by atoms with van der Waals surface area (Å²) >= 11 is 6.15. The summed E-state index contributed by atoms with van der Waals surface area (Å²) in [5, 5.41) is 2.69. The monoisotopic (exact) mass is 388 g/mol. The lowest BCUT2D eigenvalue weighted by atomic mass is 10.2. The van der Waals surface area contributed by atoms with Crippen molar-refractivity contribution >= 4 is 34.8 Å². The molecule has 8 heteroatoms. The number of anilines is 2. The molecule has 0 bridgehead atoms. The lowest BCUT2D eigenvalue weighted by Crippen LogP contribution is -2.32. The van der Waals surface area contributed by atoms with Gasteiger partial charge in [-0.1, -0.05) is 17.7 Å². The normalized spacial score (nSPS) is 13.9. The Morgan fingerprint density at radius 1 is 0.889 bits per heavy atom. The third-order valence-corrected chi connectivity index (χ3v) is 4.34. The fraction of sp³-hybridized carbons (Fsp3) is 0.158. The SMILES string of the molecule is COc1cccc(NC2=C(Cl)C(=O)N(c3ccc(OC)cc3OC)C2=O)c1. The van der Waals surface area contributed by atoms with Gasteiger partial charge in [0, 0.05) is 17.8 Å². The summed E-state index contributed by atoms with van der Waals surface area (Å²) in [4.78, 5) is 26.5. The number of benzene rings is 2. The first-order chi connectivity index (χ1) is 13.0. The highest BCUT2D eigenvalue weighted by molar-refractivity contribution is 6.53. The average Bonchev–Trinajstić information content (AvgIpc) is 2.91. The smallest absolute Gasteiger partial charge is 0.283 e. The number of ether oxygens (including phenoxy) is 3. The number of hydrogen-bond donors (Lipinski definition) is 1. The number of nitrogens with one attached hydrogen (secondary N) is 1. The number of carbonyl (C=O) groups excluding carboxylic acids is 2. The predicted octanol–water partition coefficient (Wildman–Crippen LogP) is 3.15. The van der Waals surface area contributed by atoms with Crippen LogP contribution in [-0.4, -0.2) is 33.1 Å². The van der Waals surface area contributed by atoms with E-state index in [2.05, 4.69) is 5.32 Å². The highest BCUT2D eigenvalue weighted by Gasteiger charge is 2.40. The van der Waals surface area contributed by atoms with E-state index >= 15 is 0 Å². The van der Waals surface area contributed by atoms with Crippen LogP contribution in [0.3, 0.4) is 0 Å². The molecule has 0 saturated heterocycles. The summed E-state index contributed by atoms with van der Waals surface area (Å²) in [6.45, 7) is 0. The van der Waals surface area contributed by atoms with Gasteiger partial charge in [0.05, 0.1) is 27.0 Å². The van der Waals surface area contributed by atoms with Crippen molar-refractivity contribution in [1.29, 1.82) is 0 Å². The van der Waals surface area contributed by atoms with Gasteiger partial charge < -0.3 is 19.5 Å². The number of imide groups is 1. The molecule has 0 atom stereocenters. The van der Waals surface area contributed by atoms with Crippen molar-refractivity contribution in [3.63, 3.8) is 0 Å². The Hall–Kier alpha value is -3.19. The molecule has 1 aliphatic heterocycles. The van der Waals surface area contributed by atoms with E-state index in [4.69, 9.17) is 25.8 Å². The molecule has 0 aliphatic carbocycles. The highest BCUT2D eigenvalue weighted by atomic mass is 35.5. The second-order valence-electron chi connectivity index (χ2n) is 5.53. The molecule has 1 N–H and O–H groups in total. The molecule has 2 aromatic rings. The fourth-order valence-electron chi connectivity index (χ4n) is 2.64. The van der Waals surface area contributed by atoms with Crippen molar-refractivity contribution in [2.45, 2.75) is 0 Å². The van der Waals surface area contributed by atoms with Gasteiger partial charge in [-0.2, -0.15) is 0 Å². The summed E-state index contributed by atoms with van der Waals surface area (Å²) < 4.78 is 15.6. The van der Waals surface area contributed by atoms with E-state index in [0.29, 0.717) is 22.9 Å². The minimum absolute atomic E-state index is 0.0206. The first kappa shape index (κ1) is 18.6. The number of amides is 2. The number of hydrogen-bond acceptors (Lipinski definition) is 6. The molecule has 3 rings (SSSR count). The number of nitrogens with zero attached hydrogens (tertiary/aromatic N) is 1. The van der Waals surface area contributed by atoms with Crippen LogP contribution in [0.1, 0.15) is 0 Å². The Kier molecular flexibility index (Phi) is 5.23. The minimum atomic E-state index is -0.643. The lowest BCUT2D eigenvalue weighted by Gasteiger charge is -2.18. The van der Waals surface area contributed by atoms with Gasteiger partial charge in [0.25, 0.3) is 11.8 Å². The van der Waals surface area contributed by atoms with E-state index in [1.54, 1.807) is 42.5 Å². The molecule has 0 radical (unpaired) electrons. The Morgan fingerprint density at radius 3 is 2.26 bits per heavy atom. The molecular formula is C19H17ClN2O5. The van der Waals surface area contributed by atoms with Crippen LogP contribution in [0.15, 0.2) is 53.2 Å². The number of methoxy groups -OCH3 is 3. The number of halogens is 1. The molecule has 2 amide bonds. The second-order valence-corrected chi connectivity index (χ2v) is 5.91. The Labute approximate surface area is 161 Å². The largest absolute Gasteiger partial charge is 0.497 e. The standard InChI is InChI=1S/C19H17ClN2O5/c1-25-12-6-4-5-11(9-12)21-17-16(20)18(23)22(19(17)24)14-8-7-13(26-2)10-15(14)27-3/h4-10,21H,1-3H3. The molecule has 2 aromatic carbocycles. The van der Waals surface area contributed by atoms with E-state index in [1.165, 1.54) is 21.3 Å². The summed E-state index contributed by atoms with van der Waals surface area (Å²) in [6.07, 6.45) is 0. The molecule has 1 aliphatic rings. The Bertz CT molecular complexity index is 941. The molecule has 140 valence electrons. The van der Waals surface area contributed by atoms with Crippen LogP contribution >= 0.6 is 11.6 Å². The molecule has 0 spiro atoms. The molecular weight excluding hydrogens is 372 g/mol. The highest BCUT2D eigenvalue weighted by Crippen LogP contribution is 2.37. The molecule has 0 fully saturated rings. The van der Waals surface area contributed by atoms with Crippen LogP contribution in [0.4, 0.5) is 11.4 Å². The zero-order valence-electron chi connectivity index (χ0n) is 14.9. The van der Waals surface area contributed by atoms with Crippen LogP contribution in [0.2, 0.25) is 0 Å². The summed E-state index contributed by atoms with van der Waals surface area (Å²) in [5.41, 5.74) is 0.814. The van der Waals surface area contributed by atoms with Gasteiger partial charge in [-0.15, -0.1) is 0 Å². The lowest BCUT2D eigenvalue weighted by molar-refractivity contribution is -0.120. The molecule has 7 nitrogen and oxygen atoms in total. The van der Waals surface area contributed by atoms with Crippen molar-refractivity contribution < 1.29 is 23.8 Å². The maximum Gasteiger partial charge on any atom is 0.283 e. The van der Waals surface area contributed by atoms with E-state index in [1.807, 2.05) is 0 Å². The van der Waals surface area contributed by atoms with Gasteiger partial charge >= 0.3 is 0 Å². The molecule has 0 saturated carbocycles. The molecule has 27 heavy (non-hydrogen) atoms. The molecule has 0 unspecified atom stereocenters. The maximum atomic E-state index is 12.9. The second kappa shape index (κ2) is 7.59. The van der Waals surface area contributed by atoms with Gasteiger partial charge in [-0.05, 0) is 24.3 Å². The van der Waals surface area contributed by atoms with Crippen molar-refractivity contribution in [3.05, 3.63) is 53.2 Å². The van der Waals surface area contributed by atoms with E-state index in [-0.39, 0.29) is 16.4 Å². The predicted molar refractivity (Wildman–Crippen MR) is 102 cm³/mol. The average molecular weight is 389 g/mol. The number of rotatable bonds is 6. The summed E-state index contributed by atoms with van der Waals surface area (Å²) in [7, 11) is 4.48. The molecule has 0 aromatic heterocycles. The van der Waals surface area contributed by atoms with Crippen molar-refractivity contribution in [2.75, 3.05) is 31.5 Å². The third kappa shape index (κ3) is 3.41. The van der Waals surface area contributed by atoms with Crippen LogP contribution in [0.25, 0.3) is 0 Å². The maximum absolute atomic E-state index is 12.9. The zero-order chi connectivity index (χ0) is 19.6. The summed E-state index contributed by atoms with van der Waals surface area (Å²) in [5.74, 6) is 0.209. The van der Waals surface area contributed by atoms with Crippen LogP contribution in [-0.2, 0) is 9.59 Å². The van der Waals surface area contributed by atoms with E-state index in [9.17, 15) is 9.59 Å². The van der Waals surface area contributed by atoms with Crippen molar-refractivity contribution in [3.8, 4) is 17.2 Å². The minimum Gasteiger partial charge on any atom is -0.497 e. The van der Waals surface area contributed by atoms with Gasteiger partial charge in [-0.3, -0.25) is 9.59 Å². The van der Waals surface area contributed by atoms with Crippen molar-refractivity contribution in [1.82, 2.24) is 0 Å². The van der Waals surface area contributed by atoms with Crippen LogP contribution < -0.4 is 24.4 Å². The third-order valence-electron chi connectivity index (χ3n) is 3.99. The quantitative estimate of drug-likeness (QED) is 0.766. The number of carbonyl (C=O) groups is 2. The first-order valence-electron chi connectivity index (χ1n) is 7.91. The van der Waals surface area contributed by atoms with Gasteiger partial charge in [-0.25, -0.2) is 4.90 Å². The van der Waals surface area contributed by atoms with Gasteiger partial charge in [0.15, 0.2) is 0 Å². The van der Waals surface area contributed by atoms with Crippen LogP contribution in [0, 0.1) is 0 Å². The summed E-state index contributed by atoms with van der Waals surface area (Å²) in [6, 6.07) is 11.7. The van der Waals surface area contributed by atoms with Crippen LogP contribution in [0.5, 0.6) is 17.2 Å².